The Kier molecular flexibility index (Phi) is 4.51. The van der Waals surface area contributed by atoms with E-state index in [1.54, 1.807) is 0 Å². The van der Waals surface area contributed by atoms with Gasteiger partial charge in [0.25, 0.3) is 0 Å². The summed E-state index contributed by atoms with van der Waals surface area (Å²) in [5.41, 5.74) is 8.60. The molecule has 5 heterocycles. The number of hydrogen-bond donors (Lipinski definition) is 1. The molecule has 0 unspecified atom stereocenters. The maximum Gasteiger partial charge on any atom is 0.181 e. The van der Waals surface area contributed by atoms with Gasteiger partial charge in [-0.3, -0.25) is 9.78 Å². The summed E-state index contributed by atoms with van der Waals surface area (Å²) in [6.07, 6.45) is 9.79. The number of hydrogen-bond acceptors (Lipinski definition) is 5. The van der Waals surface area contributed by atoms with Crippen molar-refractivity contribution in [2.45, 2.75) is 50.9 Å². The number of nitrogens with one attached hydrogen (secondary N) is 1. The second-order valence-corrected chi connectivity index (χ2v) is 10.8. The van der Waals surface area contributed by atoms with Gasteiger partial charge in [0.15, 0.2) is 11.5 Å². The topological polar surface area (TPSA) is 95.0 Å². The molecule has 0 amide bonds. The Morgan fingerprint density at radius 1 is 0.947 bits per heavy atom. The van der Waals surface area contributed by atoms with Crippen LogP contribution < -0.4 is 0 Å². The van der Waals surface area contributed by atoms with E-state index in [0.29, 0.717) is 11.8 Å². The Bertz CT molecular complexity index is 1860. The van der Waals surface area contributed by atoms with Gasteiger partial charge in [-0.15, -0.1) is 0 Å². The van der Waals surface area contributed by atoms with Gasteiger partial charge in [-0.25, -0.2) is 14.6 Å². The minimum absolute atomic E-state index is 0.490. The van der Waals surface area contributed by atoms with E-state index in [-0.39, 0.29) is 0 Å². The number of nitrogens with zero attached hydrogens (tertiary/aromatic N) is 8. The summed E-state index contributed by atoms with van der Waals surface area (Å²) in [5, 5.41) is 19.1. The highest BCUT2D eigenvalue weighted by molar-refractivity contribution is 5.95. The Hall–Kier alpha value is -4.27. The van der Waals surface area contributed by atoms with Gasteiger partial charge in [0.1, 0.15) is 5.82 Å². The van der Waals surface area contributed by atoms with Crippen molar-refractivity contribution in [3.05, 3.63) is 59.8 Å². The van der Waals surface area contributed by atoms with Crippen LogP contribution in [-0.4, -0.2) is 44.3 Å². The maximum absolute atomic E-state index is 5.38. The van der Waals surface area contributed by atoms with E-state index in [4.69, 9.17) is 15.1 Å². The zero-order valence-electron chi connectivity index (χ0n) is 21.8. The lowest BCUT2D eigenvalue weighted by Gasteiger charge is -2.10. The van der Waals surface area contributed by atoms with Crippen molar-refractivity contribution in [2.75, 3.05) is 0 Å². The van der Waals surface area contributed by atoms with Crippen molar-refractivity contribution in [3.8, 4) is 28.5 Å². The highest BCUT2D eigenvalue weighted by atomic mass is 15.3. The first-order valence-corrected chi connectivity index (χ1v) is 13.5. The highest BCUT2D eigenvalue weighted by Gasteiger charge is 2.35. The minimum atomic E-state index is 0.490. The minimum Gasteiger partial charge on any atom is -0.330 e. The Morgan fingerprint density at radius 3 is 2.55 bits per heavy atom. The molecule has 0 radical (unpaired) electrons. The molecule has 8 rings (SSSR count). The molecule has 2 saturated carbocycles. The van der Waals surface area contributed by atoms with Crippen molar-refractivity contribution in [2.24, 2.45) is 14.1 Å². The van der Waals surface area contributed by atoms with E-state index in [2.05, 4.69) is 70.4 Å². The van der Waals surface area contributed by atoms with Gasteiger partial charge in [-0.2, -0.15) is 15.3 Å². The van der Waals surface area contributed by atoms with Gasteiger partial charge in [0, 0.05) is 77.7 Å². The van der Waals surface area contributed by atoms with Crippen LogP contribution in [-0.2, 0) is 20.5 Å². The molecule has 0 aliphatic heterocycles. The average Bonchev–Trinajstić information content (AvgIpc) is 3.76. The standard InChI is InChI=1S/C29H29N9/c1-4-19-13-24(33-32-19)38-15-22-20(6-5-7-23(22)34-38)26-27(17-10-11-17)37(3)29(31-26)21-12-18-14-36(2)35-28(18)30-25(21)16-8-9-16/h5-7,12-17H,4,8-11H2,1-3H3,(H,32,33). The van der Waals surface area contributed by atoms with Gasteiger partial charge in [0.05, 0.1) is 16.9 Å². The predicted octanol–water partition coefficient (Wildman–Crippen LogP) is 5.42. The fourth-order valence-corrected chi connectivity index (χ4v) is 5.72. The van der Waals surface area contributed by atoms with Crippen LogP contribution in [0.5, 0.6) is 0 Å². The summed E-state index contributed by atoms with van der Waals surface area (Å²) in [7, 11) is 4.12. The molecule has 9 nitrogen and oxygen atoms in total. The van der Waals surface area contributed by atoms with Crippen molar-refractivity contribution >= 4 is 21.9 Å². The molecule has 0 bridgehead atoms. The van der Waals surface area contributed by atoms with E-state index in [1.807, 2.05) is 22.6 Å². The summed E-state index contributed by atoms with van der Waals surface area (Å²) < 4.78 is 6.04. The number of aromatic nitrogens is 9. The number of fused-ring (bicyclic) bond motifs is 2. The second-order valence-electron chi connectivity index (χ2n) is 10.8. The van der Waals surface area contributed by atoms with Crippen molar-refractivity contribution in [1.82, 2.24) is 44.3 Å². The van der Waals surface area contributed by atoms with Crippen molar-refractivity contribution in [3.63, 3.8) is 0 Å². The fourth-order valence-electron chi connectivity index (χ4n) is 5.72. The average molecular weight is 504 g/mol. The molecule has 2 fully saturated rings. The third-order valence-corrected chi connectivity index (χ3v) is 7.99. The second kappa shape index (κ2) is 7.86. The number of imidazole rings is 1. The van der Waals surface area contributed by atoms with E-state index >= 15 is 0 Å². The summed E-state index contributed by atoms with van der Waals surface area (Å²) >= 11 is 0. The van der Waals surface area contributed by atoms with E-state index in [9.17, 15) is 0 Å². The molecule has 0 atom stereocenters. The zero-order valence-corrected chi connectivity index (χ0v) is 21.8. The van der Waals surface area contributed by atoms with E-state index in [0.717, 1.165) is 68.2 Å². The molecule has 5 aromatic heterocycles. The van der Waals surface area contributed by atoms with Crippen LogP contribution in [0, 0.1) is 0 Å². The quantitative estimate of drug-likeness (QED) is 0.328. The van der Waals surface area contributed by atoms with Crippen LogP contribution in [0.25, 0.3) is 50.4 Å². The SMILES string of the molecule is CCc1cc(-n2cc3c(-c4nc(-c5cc6cn(C)nc6nc5C5CC5)n(C)c4C4CC4)cccc3n2)n[nH]1. The predicted molar refractivity (Wildman–Crippen MR) is 146 cm³/mol. The van der Waals surface area contributed by atoms with Crippen LogP contribution in [0.1, 0.15) is 61.5 Å². The number of aryl methyl sites for hydroxylation is 2. The summed E-state index contributed by atoms with van der Waals surface area (Å²) in [6, 6.07) is 10.6. The largest absolute Gasteiger partial charge is 0.330 e. The van der Waals surface area contributed by atoms with Gasteiger partial charge in [-0.1, -0.05) is 19.1 Å². The molecule has 38 heavy (non-hydrogen) atoms. The van der Waals surface area contributed by atoms with Crippen molar-refractivity contribution in [1.29, 1.82) is 0 Å². The summed E-state index contributed by atoms with van der Waals surface area (Å²) in [5.74, 6) is 2.81. The lowest BCUT2D eigenvalue weighted by molar-refractivity contribution is 0.774. The third-order valence-electron chi connectivity index (χ3n) is 7.99. The van der Waals surface area contributed by atoms with Gasteiger partial charge in [-0.05, 0) is 44.2 Å². The summed E-state index contributed by atoms with van der Waals surface area (Å²) in [6.45, 7) is 2.11. The fraction of sp³-hybridized carbons (Fsp3) is 0.345. The number of benzene rings is 1. The van der Waals surface area contributed by atoms with E-state index in [1.165, 1.54) is 31.4 Å². The smallest absolute Gasteiger partial charge is 0.181 e. The Morgan fingerprint density at radius 2 is 1.79 bits per heavy atom. The molecule has 9 heteroatoms. The number of aromatic amines is 1. The monoisotopic (exact) mass is 503 g/mol. The lowest BCUT2D eigenvalue weighted by atomic mass is 10.0. The third kappa shape index (κ3) is 3.34. The van der Waals surface area contributed by atoms with Gasteiger partial charge in [0.2, 0.25) is 0 Å². The lowest BCUT2D eigenvalue weighted by Crippen LogP contribution is -2.01. The normalized spacial score (nSPS) is 15.8. The van der Waals surface area contributed by atoms with Crippen LogP contribution in [0.4, 0.5) is 0 Å². The van der Waals surface area contributed by atoms with Crippen LogP contribution >= 0.6 is 0 Å². The first-order valence-electron chi connectivity index (χ1n) is 13.5. The maximum atomic E-state index is 5.38. The number of rotatable bonds is 6. The van der Waals surface area contributed by atoms with Gasteiger partial charge < -0.3 is 4.57 Å². The van der Waals surface area contributed by atoms with Crippen LogP contribution in [0.2, 0.25) is 0 Å². The number of H-pyrrole nitrogens is 1. The van der Waals surface area contributed by atoms with Crippen LogP contribution in [0.15, 0.2) is 42.7 Å². The Labute approximate surface area is 219 Å². The zero-order chi connectivity index (χ0) is 25.5. The Balaban J connectivity index is 1.32. The molecule has 190 valence electrons. The molecular formula is C29H29N9. The molecular weight excluding hydrogens is 474 g/mol. The summed E-state index contributed by atoms with van der Waals surface area (Å²) in [4.78, 5) is 10.4. The van der Waals surface area contributed by atoms with Crippen LogP contribution in [0.3, 0.4) is 0 Å². The number of pyridine rings is 1. The molecule has 1 N–H and O–H groups in total. The molecule has 1 aromatic carbocycles. The molecule has 2 aliphatic rings. The van der Waals surface area contributed by atoms with Gasteiger partial charge >= 0.3 is 0 Å². The molecule has 2 aliphatic carbocycles. The first kappa shape index (κ1) is 21.8. The highest BCUT2D eigenvalue weighted by Crippen LogP contribution is 2.49. The molecule has 0 saturated heterocycles. The van der Waals surface area contributed by atoms with E-state index < -0.39 is 0 Å². The molecule has 0 spiro atoms. The van der Waals surface area contributed by atoms with Crippen molar-refractivity contribution < 1.29 is 0 Å². The first-order chi connectivity index (χ1) is 18.6. The molecule has 6 aromatic rings.